The van der Waals surface area contributed by atoms with Gasteiger partial charge in [0.25, 0.3) is 0 Å². The highest BCUT2D eigenvalue weighted by molar-refractivity contribution is 4.92. The van der Waals surface area contributed by atoms with Gasteiger partial charge in [-0.25, -0.2) is 0 Å². The molecule has 0 fully saturated rings. The summed E-state index contributed by atoms with van der Waals surface area (Å²) in [7, 11) is 0. The third kappa shape index (κ3) is 0.618. The molecule has 0 saturated carbocycles. The summed E-state index contributed by atoms with van der Waals surface area (Å²) in [5.74, 6) is 0.569. The van der Waals surface area contributed by atoms with Crippen LogP contribution in [0.3, 0.4) is 0 Å². The maximum absolute atomic E-state index is 7.25. The minimum Gasteiger partial charge on any atom is -0.0883 e. The zero-order valence-electron chi connectivity index (χ0n) is 5.02. The Morgan fingerprint density at radius 1 is 1.83 bits per heavy atom. The molecular weight excluding hydrogens is 72.1 g/mol. The van der Waals surface area contributed by atoms with Crippen molar-refractivity contribution >= 4 is 0 Å². The number of rotatable bonds is 0. The second kappa shape index (κ2) is 1.46. The predicted molar refractivity (Wildman–Crippen MR) is 27.5 cm³/mol. The second-order valence-corrected chi connectivity index (χ2v) is 1.83. The molecule has 2 atom stereocenters. The zero-order valence-corrected chi connectivity index (χ0v) is 4.02. The van der Waals surface area contributed by atoms with E-state index in [1.54, 1.807) is 0 Å². The van der Waals surface area contributed by atoms with Crippen molar-refractivity contribution in [2.45, 2.75) is 19.7 Å². The summed E-state index contributed by atoms with van der Waals surface area (Å²) < 4.78 is 7.25. The molecule has 0 aliphatic heterocycles. The quantitative estimate of drug-likeness (QED) is 0.393. The lowest BCUT2D eigenvalue weighted by Crippen LogP contribution is -1.79. The molecule has 1 rings (SSSR count). The van der Waals surface area contributed by atoms with Crippen LogP contribution in [0.2, 0.25) is 0 Å². The van der Waals surface area contributed by atoms with Crippen LogP contribution in [-0.4, -0.2) is 0 Å². The van der Waals surface area contributed by atoms with Gasteiger partial charge in [-0.3, -0.25) is 0 Å². The Morgan fingerprint density at radius 3 is 2.83 bits per heavy atom. The minimum absolute atomic E-state index is 0.0833. The van der Waals surface area contributed by atoms with Crippen LogP contribution in [0.15, 0.2) is 12.2 Å². The van der Waals surface area contributed by atoms with Crippen LogP contribution in [0.1, 0.15) is 21.1 Å². The van der Waals surface area contributed by atoms with Crippen LogP contribution in [0, 0.1) is 5.92 Å². The number of hydrogen-bond donors (Lipinski definition) is 0. The second-order valence-electron chi connectivity index (χ2n) is 1.83. The Labute approximate surface area is 40.3 Å². The summed E-state index contributed by atoms with van der Waals surface area (Å²) in [6, 6.07) is 0. The molecule has 0 radical (unpaired) electrons. The Morgan fingerprint density at radius 2 is 2.67 bits per heavy atom. The first kappa shape index (κ1) is 2.84. The molecule has 0 aromatic carbocycles. The summed E-state index contributed by atoms with van der Waals surface area (Å²) in [6.07, 6.45) is 5.24. The molecule has 34 valence electrons. The van der Waals surface area contributed by atoms with E-state index in [0.29, 0.717) is 5.92 Å². The van der Waals surface area contributed by atoms with Crippen LogP contribution >= 0.6 is 0 Å². The molecule has 0 aromatic heterocycles. The van der Waals surface area contributed by atoms with Crippen molar-refractivity contribution < 1.29 is 1.37 Å². The van der Waals surface area contributed by atoms with Gasteiger partial charge in [0.15, 0.2) is 0 Å². The first-order chi connectivity index (χ1) is 3.30. The molecule has 1 aliphatic carbocycles. The summed E-state index contributed by atoms with van der Waals surface area (Å²) in [4.78, 5) is 0. The normalized spacial score (nSPS) is 46.5. The first-order valence-corrected chi connectivity index (χ1v) is 2.39. The largest absolute Gasteiger partial charge is 0.0883 e. The topological polar surface area (TPSA) is 0 Å². The van der Waals surface area contributed by atoms with E-state index >= 15 is 0 Å². The molecule has 0 nitrogen and oxygen atoms in total. The molecule has 0 bridgehead atoms. The highest BCUT2D eigenvalue weighted by atomic mass is 14.1. The molecule has 1 unspecified atom stereocenters. The molecule has 0 N–H and O–H groups in total. The van der Waals surface area contributed by atoms with Crippen LogP contribution in [0.5, 0.6) is 0 Å². The molecule has 1 aliphatic rings. The van der Waals surface area contributed by atoms with E-state index in [4.69, 9.17) is 1.37 Å². The Bertz CT molecular complexity index is 86.2. The van der Waals surface area contributed by atoms with Gasteiger partial charge in [0.2, 0.25) is 0 Å². The summed E-state index contributed by atoms with van der Waals surface area (Å²) in [5, 5.41) is 0. The van der Waals surface area contributed by atoms with E-state index in [1.165, 1.54) is 0 Å². The highest BCUT2D eigenvalue weighted by Crippen LogP contribution is 2.15. The highest BCUT2D eigenvalue weighted by Gasteiger charge is 1.99. The molecular formula is C6H10. The van der Waals surface area contributed by atoms with Crippen LogP contribution in [-0.2, 0) is 0 Å². The van der Waals surface area contributed by atoms with Gasteiger partial charge in [0.1, 0.15) is 0 Å². The molecule has 0 heteroatoms. The molecule has 0 amide bonds. The van der Waals surface area contributed by atoms with Gasteiger partial charge >= 0.3 is 0 Å². The fourth-order valence-electron chi connectivity index (χ4n) is 0.640. The number of allylic oxidation sites excluding steroid dienone is 2. The maximum Gasteiger partial charge on any atom is 0.0312 e. The van der Waals surface area contributed by atoms with Crippen LogP contribution in [0.25, 0.3) is 0 Å². The summed E-state index contributed by atoms with van der Waals surface area (Å²) in [6.45, 7) is 2.11. The van der Waals surface area contributed by atoms with Crippen molar-refractivity contribution in [3.63, 3.8) is 0 Å². The molecule has 0 aromatic rings. The molecule has 0 saturated heterocycles. The van der Waals surface area contributed by atoms with Crippen LogP contribution in [0.4, 0.5) is 0 Å². The lowest BCUT2D eigenvalue weighted by Gasteiger charge is -1.92. The van der Waals surface area contributed by atoms with Gasteiger partial charge in [0.05, 0.1) is 0 Å². The molecule has 6 heavy (non-hydrogen) atoms. The zero-order chi connectivity index (χ0) is 5.28. The van der Waals surface area contributed by atoms with Gasteiger partial charge in [-0.15, -0.1) is 0 Å². The van der Waals surface area contributed by atoms with Crippen molar-refractivity contribution in [1.29, 1.82) is 0 Å². The van der Waals surface area contributed by atoms with Crippen LogP contribution < -0.4 is 0 Å². The van der Waals surface area contributed by atoms with E-state index in [1.807, 2.05) is 6.08 Å². The first-order valence-electron chi connectivity index (χ1n) is 2.97. The van der Waals surface area contributed by atoms with Crippen molar-refractivity contribution in [3.05, 3.63) is 12.2 Å². The van der Waals surface area contributed by atoms with E-state index in [-0.39, 0.29) is 6.40 Å². The van der Waals surface area contributed by atoms with Gasteiger partial charge in [0, 0.05) is 1.37 Å². The van der Waals surface area contributed by atoms with Crippen molar-refractivity contribution in [1.82, 2.24) is 0 Å². The molecule has 0 spiro atoms. The van der Waals surface area contributed by atoms with Crippen molar-refractivity contribution in [2.75, 3.05) is 0 Å². The number of hydrogen-bond acceptors (Lipinski definition) is 0. The van der Waals surface area contributed by atoms with Gasteiger partial charge in [-0.1, -0.05) is 19.1 Å². The predicted octanol–water partition coefficient (Wildman–Crippen LogP) is 1.97. The van der Waals surface area contributed by atoms with E-state index < -0.39 is 0 Å². The Kier molecular flexibility index (Phi) is 0.691. The van der Waals surface area contributed by atoms with Gasteiger partial charge in [-0.05, 0) is 18.7 Å². The standard InChI is InChI=1S/C6H10/c1-6-4-2-3-5-6/h2-3,6H,4-5H2,1H3/i4D/t4-,6?/m1/s1. The summed E-state index contributed by atoms with van der Waals surface area (Å²) in [5.41, 5.74) is 0. The average molecular weight is 83.2 g/mol. The lowest BCUT2D eigenvalue weighted by atomic mass is 10.1. The van der Waals surface area contributed by atoms with Crippen molar-refractivity contribution in [2.24, 2.45) is 5.92 Å². The maximum atomic E-state index is 7.25. The monoisotopic (exact) mass is 83.1 g/mol. The fourth-order valence-corrected chi connectivity index (χ4v) is 0.640. The SMILES string of the molecule is [2H][C@@H]1C=CCC1C. The van der Waals surface area contributed by atoms with Crippen molar-refractivity contribution in [3.8, 4) is 0 Å². The third-order valence-electron chi connectivity index (χ3n) is 1.08. The molecule has 0 heterocycles. The Balaban J connectivity index is 2.45. The fraction of sp³-hybridized carbons (Fsp3) is 0.667. The smallest absolute Gasteiger partial charge is 0.0312 e. The van der Waals surface area contributed by atoms with E-state index in [0.717, 1.165) is 6.42 Å². The lowest BCUT2D eigenvalue weighted by molar-refractivity contribution is 0.638. The summed E-state index contributed by atoms with van der Waals surface area (Å²) >= 11 is 0. The van der Waals surface area contributed by atoms with E-state index in [9.17, 15) is 0 Å². The van der Waals surface area contributed by atoms with Gasteiger partial charge < -0.3 is 0 Å². The van der Waals surface area contributed by atoms with E-state index in [2.05, 4.69) is 13.0 Å². The minimum atomic E-state index is 0.0833. The van der Waals surface area contributed by atoms with Gasteiger partial charge in [-0.2, -0.15) is 0 Å². The Hall–Kier alpha value is -0.260. The average Bonchev–Trinajstić information content (AvgIpc) is 1.91. The third-order valence-corrected chi connectivity index (χ3v) is 1.08.